The molecule has 0 spiro atoms. The fourth-order valence-electron chi connectivity index (χ4n) is 3.93. The van der Waals surface area contributed by atoms with E-state index in [0.717, 1.165) is 43.0 Å². The number of nitrogens with zero attached hydrogens (tertiary/aromatic N) is 2. The van der Waals surface area contributed by atoms with Gasteiger partial charge >= 0.3 is 0 Å². The van der Waals surface area contributed by atoms with E-state index in [1.807, 2.05) is 25.1 Å². The minimum Gasteiger partial charge on any atom is -0.491 e. The number of rotatable bonds is 6. The smallest absolute Gasteiger partial charge is 0.228 e. The number of aliphatic hydroxyl groups excluding tert-OH is 1. The van der Waals surface area contributed by atoms with Crippen LogP contribution in [-0.4, -0.2) is 61.3 Å². The van der Waals surface area contributed by atoms with Crippen molar-refractivity contribution in [2.24, 2.45) is 0 Å². The normalized spacial score (nSPS) is 17.0. The standard InChI is InChI=1S/C24H27N3O3/c1-2-3-18-4-6-20(7-5-18)27-12-10-26(11-13-27)16-21(28)17-30-22-8-9-23-19(14-22)15-24(29)25-23/h4-9,14,21,28H,10-13,15-17H2,1H3,(H,25,29). The Morgan fingerprint density at radius 1 is 1.13 bits per heavy atom. The number of nitrogens with one attached hydrogen (secondary N) is 1. The summed E-state index contributed by atoms with van der Waals surface area (Å²) in [5.41, 5.74) is 4.04. The molecule has 2 aliphatic rings. The maximum Gasteiger partial charge on any atom is 0.228 e. The van der Waals surface area contributed by atoms with Gasteiger partial charge in [-0.15, -0.1) is 5.92 Å². The average molecular weight is 405 g/mol. The molecule has 0 bridgehead atoms. The number of amides is 1. The molecule has 6 heteroatoms. The van der Waals surface area contributed by atoms with Gasteiger partial charge in [0.25, 0.3) is 0 Å². The summed E-state index contributed by atoms with van der Waals surface area (Å²) in [6.07, 6.45) is -0.176. The minimum atomic E-state index is -0.559. The highest BCUT2D eigenvalue weighted by molar-refractivity contribution is 5.99. The Morgan fingerprint density at radius 2 is 1.90 bits per heavy atom. The van der Waals surface area contributed by atoms with Crippen LogP contribution in [0, 0.1) is 11.8 Å². The second-order valence-corrected chi connectivity index (χ2v) is 7.72. The first-order valence-corrected chi connectivity index (χ1v) is 10.3. The van der Waals surface area contributed by atoms with E-state index in [2.05, 4.69) is 51.2 Å². The van der Waals surface area contributed by atoms with Gasteiger partial charge < -0.3 is 20.1 Å². The van der Waals surface area contributed by atoms with E-state index in [1.165, 1.54) is 5.69 Å². The summed E-state index contributed by atoms with van der Waals surface area (Å²) in [5, 5.41) is 13.2. The van der Waals surface area contributed by atoms with Gasteiger partial charge in [0.05, 0.1) is 6.42 Å². The molecule has 1 unspecified atom stereocenters. The highest BCUT2D eigenvalue weighted by Crippen LogP contribution is 2.27. The fraction of sp³-hybridized carbons (Fsp3) is 0.375. The highest BCUT2D eigenvalue weighted by atomic mass is 16.5. The third-order valence-electron chi connectivity index (χ3n) is 5.49. The molecule has 0 radical (unpaired) electrons. The number of fused-ring (bicyclic) bond motifs is 1. The molecular weight excluding hydrogens is 378 g/mol. The lowest BCUT2D eigenvalue weighted by Gasteiger charge is -2.36. The van der Waals surface area contributed by atoms with Crippen LogP contribution >= 0.6 is 0 Å². The quantitative estimate of drug-likeness (QED) is 0.721. The summed E-state index contributed by atoms with van der Waals surface area (Å²) in [4.78, 5) is 16.1. The van der Waals surface area contributed by atoms with E-state index in [9.17, 15) is 9.90 Å². The number of hydrogen-bond donors (Lipinski definition) is 2. The molecule has 0 aromatic heterocycles. The van der Waals surface area contributed by atoms with Gasteiger partial charge in [0.15, 0.2) is 0 Å². The van der Waals surface area contributed by atoms with Crippen LogP contribution in [0.3, 0.4) is 0 Å². The SMILES string of the molecule is CC#Cc1ccc(N2CCN(CC(O)COc3ccc4c(c3)CC(=O)N4)CC2)cc1. The number of β-amino-alcohol motifs (C(OH)–C–C–N with tert-alkyl or cyclic N) is 1. The molecule has 1 fully saturated rings. The van der Waals surface area contributed by atoms with Crippen molar-refractivity contribution in [1.82, 2.24) is 4.90 Å². The van der Waals surface area contributed by atoms with Gasteiger partial charge in [-0.3, -0.25) is 9.69 Å². The van der Waals surface area contributed by atoms with Crippen LogP contribution in [0.4, 0.5) is 11.4 Å². The largest absolute Gasteiger partial charge is 0.491 e. The van der Waals surface area contributed by atoms with E-state index in [4.69, 9.17) is 4.74 Å². The van der Waals surface area contributed by atoms with Crippen LogP contribution in [0.5, 0.6) is 5.75 Å². The molecule has 1 saturated heterocycles. The summed E-state index contributed by atoms with van der Waals surface area (Å²) in [7, 11) is 0. The van der Waals surface area contributed by atoms with Crippen molar-refractivity contribution >= 4 is 17.3 Å². The maximum absolute atomic E-state index is 11.4. The zero-order chi connectivity index (χ0) is 20.9. The van der Waals surface area contributed by atoms with E-state index < -0.39 is 6.10 Å². The molecule has 2 aromatic rings. The Balaban J connectivity index is 1.21. The van der Waals surface area contributed by atoms with Gasteiger partial charge in [-0.05, 0) is 55.0 Å². The second kappa shape index (κ2) is 9.21. The molecule has 6 nitrogen and oxygen atoms in total. The number of ether oxygens (including phenoxy) is 1. The van der Waals surface area contributed by atoms with Gasteiger partial charge in [-0.25, -0.2) is 0 Å². The van der Waals surface area contributed by atoms with Crippen LogP contribution in [0.1, 0.15) is 18.1 Å². The molecule has 30 heavy (non-hydrogen) atoms. The number of aliphatic hydroxyl groups is 1. The zero-order valence-electron chi connectivity index (χ0n) is 17.2. The lowest BCUT2D eigenvalue weighted by atomic mass is 10.1. The first-order valence-electron chi connectivity index (χ1n) is 10.3. The van der Waals surface area contributed by atoms with Gasteiger partial charge in [0.2, 0.25) is 5.91 Å². The third-order valence-corrected chi connectivity index (χ3v) is 5.49. The molecule has 4 rings (SSSR count). The van der Waals surface area contributed by atoms with E-state index >= 15 is 0 Å². The summed E-state index contributed by atoms with van der Waals surface area (Å²) >= 11 is 0. The summed E-state index contributed by atoms with van der Waals surface area (Å²) in [6.45, 7) is 6.33. The number of carbonyl (C=O) groups is 1. The van der Waals surface area contributed by atoms with E-state index in [0.29, 0.717) is 18.7 Å². The monoisotopic (exact) mass is 405 g/mol. The summed E-state index contributed by atoms with van der Waals surface area (Å²) in [5.74, 6) is 6.68. The van der Waals surface area contributed by atoms with Crippen LogP contribution < -0.4 is 15.0 Å². The Bertz CT molecular complexity index is 954. The van der Waals surface area contributed by atoms with Gasteiger partial charge in [0, 0.05) is 49.7 Å². The van der Waals surface area contributed by atoms with Crippen LogP contribution in [0.25, 0.3) is 0 Å². The van der Waals surface area contributed by atoms with Crippen molar-refractivity contribution < 1.29 is 14.6 Å². The van der Waals surface area contributed by atoms with Crippen molar-refractivity contribution in [3.63, 3.8) is 0 Å². The lowest BCUT2D eigenvalue weighted by Crippen LogP contribution is -2.49. The first kappa shape index (κ1) is 20.3. The molecule has 2 heterocycles. The Labute approximate surface area is 177 Å². The Morgan fingerprint density at radius 3 is 2.63 bits per heavy atom. The fourth-order valence-corrected chi connectivity index (χ4v) is 3.93. The third kappa shape index (κ3) is 4.93. The second-order valence-electron chi connectivity index (χ2n) is 7.72. The lowest BCUT2D eigenvalue weighted by molar-refractivity contribution is -0.115. The summed E-state index contributed by atoms with van der Waals surface area (Å²) in [6, 6.07) is 13.9. The highest BCUT2D eigenvalue weighted by Gasteiger charge is 2.21. The van der Waals surface area contributed by atoms with Crippen molar-refractivity contribution in [2.75, 3.05) is 49.5 Å². The van der Waals surface area contributed by atoms with E-state index in [-0.39, 0.29) is 12.5 Å². The molecule has 2 aromatic carbocycles. The number of piperazine rings is 1. The molecule has 1 atom stereocenters. The number of carbonyl (C=O) groups excluding carboxylic acids is 1. The van der Waals surface area contributed by atoms with Gasteiger partial charge in [-0.1, -0.05) is 5.92 Å². The number of benzene rings is 2. The molecule has 2 aliphatic heterocycles. The average Bonchev–Trinajstić information content (AvgIpc) is 3.13. The number of anilines is 2. The molecule has 0 saturated carbocycles. The van der Waals surface area contributed by atoms with Crippen molar-refractivity contribution in [2.45, 2.75) is 19.4 Å². The first-order chi connectivity index (χ1) is 14.6. The van der Waals surface area contributed by atoms with Crippen molar-refractivity contribution in [3.8, 4) is 17.6 Å². The molecule has 156 valence electrons. The molecule has 2 N–H and O–H groups in total. The summed E-state index contributed by atoms with van der Waals surface area (Å²) < 4.78 is 5.75. The Kier molecular flexibility index (Phi) is 6.22. The van der Waals surface area contributed by atoms with Crippen molar-refractivity contribution in [1.29, 1.82) is 0 Å². The molecule has 1 amide bonds. The van der Waals surface area contributed by atoms with Gasteiger partial charge in [-0.2, -0.15) is 0 Å². The predicted molar refractivity (Wildman–Crippen MR) is 118 cm³/mol. The minimum absolute atomic E-state index is 0.00639. The van der Waals surface area contributed by atoms with Crippen LogP contribution in [0.15, 0.2) is 42.5 Å². The van der Waals surface area contributed by atoms with Crippen molar-refractivity contribution in [3.05, 3.63) is 53.6 Å². The van der Waals surface area contributed by atoms with Crippen LogP contribution in [0.2, 0.25) is 0 Å². The Hall–Kier alpha value is -3.01. The molecular formula is C24H27N3O3. The van der Waals surface area contributed by atoms with Gasteiger partial charge in [0.1, 0.15) is 18.5 Å². The van der Waals surface area contributed by atoms with E-state index in [1.54, 1.807) is 0 Å². The topological polar surface area (TPSA) is 65.0 Å². The molecule has 0 aliphatic carbocycles. The number of hydrogen-bond acceptors (Lipinski definition) is 5. The maximum atomic E-state index is 11.4. The zero-order valence-corrected chi connectivity index (χ0v) is 17.2. The van der Waals surface area contributed by atoms with Crippen LogP contribution in [-0.2, 0) is 11.2 Å². The predicted octanol–water partition coefficient (Wildman–Crippen LogP) is 2.11.